The lowest BCUT2D eigenvalue weighted by Gasteiger charge is -2.17. The topological polar surface area (TPSA) is 84.9 Å². The smallest absolute Gasteiger partial charge is 0.407 e. The number of nitrogens with one attached hydrogen (secondary N) is 1. The third-order valence-electron chi connectivity index (χ3n) is 5.65. The minimum absolute atomic E-state index is 0.0482. The molecule has 1 amide bonds. The Kier molecular flexibility index (Phi) is 9.14. The van der Waals surface area contributed by atoms with Gasteiger partial charge >= 0.3 is 12.1 Å². The number of carboxylic acids is 1. The fraction of sp³-hybridized carbons (Fsp3) is 0.417. The summed E-state index contributed by atoms with van der Waals surface area (Å²) in [5, 5.41) is 12.0. The van der Waals surface area contributed by atoms with Gasteiger partial charge in [0.2, 0.25) is 0 Å². The molecule has 6 nitrogen and oxygen atoms in total. The number of carbonyl (C=O) groups excluding carboxylic acids is 1. The first-order chi connectivity index (χ1) is 15.1. The summed E-state index contributed by atoms with van der Waals surface area (Å²) in [6.07, 6.45) is 4.46. The number of rotatable bonds is 12. The summed E-state index contributed by atoms with van der Waals surface area (Å²) < 4.78 is 10.5. The third kappa shape index (κ3) is 6.43. The summed E-state index contributed by atoms with van der Waals surface area (Å²) in [5.74, 6) is -1.08. The van der Waals surface area contributed by atoms with Crippen LogP contribution in [0, 0.1) is 0 Å². The van der Waals surface area contributed by atoms with E-state index in [1.807, 2.05) is 59.4 Å². The SMILES string of the molecule is O=C(N[C@@H](CCCCCCCOI)C(=O)O)OCC1c2ccccc2-c2ccccc21. The minimum Gasteiger partial charge on any atom is -0.480 e. The van der Waals surface area contributed by atoms with Crippen LogP contribution in [0.15, 0.2) is 48.5 Å². The average molecular weight is 537 g/mol. The third-order valence-corrected chi connectivity index (χ3v) is 6.09. The number of carbonyl (C=O) groups is 2. The summed E-state index contributed by atoms with van der Waals surface area (Å²) in [6.45, 7) is 0.909. The Labute approximate surface area is 197 Å². The molecule has 0 aliphatic heterocycles. The molecule has 0 heterocycles. The van der Waals surface area contributed by atoms with Gasteiger partial charge < -0.3 is 18.2 Å². The van der Waals surface area contributed by atoms with Crippen molar-refractivity contribution in [3.05, 3.63) is 59.7 Å². The van der Waals surface area contributed by atoms with Crippen molar-refractivity contribution in [3.63, 3.8) is 0 Å². The molecule has 0 saturated carbocycles. The number of carboxylic acid groups (broad SMARTS) is 1. The molecule has 166 valence electrons. The molecule has 0 radical (unpaired) electrons. The molecule has 0 aromatic heterocycles. The van der Waals surface area contributed by atoms with Crippen molar-refractivity contribution in [1.82, 2.24) is 5.32 Å². The summed E-state index contributed by atoms with van der Waals surface area (Å²) >= 11 is 1.88. The number of benzene rings is 2. The van der Waals surface area contributed by atoms with Gasteiger partial charge in [-0.25, -0.2) is 9.59 Å². The van der Waals surface area contributed by atoms with Crippen LogP contribution in [0.25, 0.3) is 11.1 Å². The molecular formula is C24H28INO5. The van der Waals surface area contributed by atoms with Crippen LogP contribution in [0.3, 0.4) is 0 Å². The molecular weight excluding hydrogens is 509 g/mol. The number of hydrogen-bond donors (Lipinski definition) is 2. The van der Waals surface area contributed by atoms with E-state index in [1.54, 1.807) is 0 Å². The van der Waals surface area contributed by atoms with E-state index in [0.29, 0.717) is 6.42 Å². The second-order valence-corrected chi connectivity index (χ2v) is 8.35. The van der Waals surface area contributed by atoms with E-state index in [0.717, 1.165) is 61.0 Å². The van der Waals surface area contributed by atoms with Crippen LogP contribution >= 0.6 is 23.0 Å². The zero-order valence-electron chi connectivity index (χ0n) is 17.4. The van der Waals surface area contributed by atoms with E-state index in [4.69, 9.17) is 7.80 Å². The molecule has 0 bridgehead atoms. The number of halogens is 1. The summed E-state index contributed by atoms with van der Waals surface area (Å²) in [6, 6.07) is 15.3. The van der Waals surface area contributed by atoms with Gasteiger partial charge in [-0.3, -0.25) is 0 Å². The molecule has 0 spiro atoms. The predicted molar refractivity (Wildman–Crippen MR) is 127 cm³/mol. The fourth-order valence-corrected chi connectivity index (χ4v) is 4.39. The zero-order valence-corrected chi connectivity index (χ0v) is 19.5. The van der Waals surface area contributed by atoms with Gasteiger partial charge in [-0.05, 0) is 35.1 Å². The highest BCUT2D eigenvalue weighted by Crippen LogP contribution is 2.44. The molecule has 2 N–H and O–H groups in total. The Morgan fingerprint density at radius 2 is 1.52 bits per heavy atom. The van der Waals surface area contributed by atoms with E-state index >= 15 is 0 Å². The summed E-state index contributed by atoms with van der Waals surface area (Å²) in [4.78, 5) is 23.9. The number of amides is 1. The van der Waals surface area contributed by atoms with Crippen molar-refractivity contribution in [3.8, 4) is 11.1 Å². The average Bonchev–Trinajstić information content (AvgIpc) is 3.10. The van der Waals surface area contributed by atoms with Crippen molar-refractivity contribution >= 4 is 35.1 Å². The number of unbranched alkanes of at least 4 members (excludes halogenated alkanes) is 4. The maximum atomic E-state index is 12.3. The quantitative estimate of drug-likeness (QED) is 0.269. The van der Waals surface area contributed by atoms with Crippen molar-refractivity contribution in [2.75, 3.05) is 13.2 Å². The van der Waals surface area contributed by atoms with Gasteiger partial charge in [0.05, 0.1) is 6.61 Å². The Hall–Kier alpha value is -2.13. The summed E-state index contributed by atoms with van der Waals surface area (Å²) in [7, 11) is 0. The number of hydrogen-bond acceptors (Lipinski definition) is 4. The zero-order chi connectivity index (χ0) is 22.1. The fourth-order valence-electron chi connectivity index (χ4n) is 4.08. The maximum absolute atomic E-state index is 12.3. The molecule has 3 rings (SSSR count). The van der Waals surface area contributed by atoms with Gasteiger partial charge in [0, 0.05) is 5.92 Å². The molecule has 7 heteroatoms. The first kappa shape index (κ1) is 23.5. The van der Waals surface area contributed by atoms with E-state index in [1.165, 1.54) is 0 Å². The Morgan fingerprint density at radius 3 is 2.13 bits per heavy atom. The Balaban J connectivity index is 1.49. The van der Waals surface area contributed by atoms with Crippen LogP contribution < -0.4 is 5.32 Å². The number of alkyl carbamates (subject to hydrolysis) is 1. The van der Waals surface area contributed by atoms with Crippen molar-refractivity contribution < 1.29 is 22.5 Å². The van der Waals surface area contributed by atoms with Gasteiger partial charge in [-0.2, -0.15) is 0 Å². The Bertz CT molecular complexity index is 842. The largest absolute Gasteiger partial charge is 0.480 e. The van der Waals surface area contributed by atoms with E-state index in [2.05, 4.69) is 17.4 Å². The van der Waals surface area contributed by atoms with E-state index < -0.39 is 18.1 Å². The van der Waals surface area contributed by atoms with Gasteiger partial charge in [-0.1, -0.05) is 74.2 Å². The standard InChI is InChI=1S/C24H28INO5/c25-31-15-9-3-1-2-4-14-22(23(27)28)26-24(29)30-16-21-19-12-7-5-10-17(19)18-11-6-8-13-20(18)21/h5-8,10-13,21-22H,1-4,9,14-16H2,(H,26,29)(H,27,28)/t22-/m0/s1. The number of aliphatic carboxylic acids is 1. The molecule has 2 aromatic rings. The van der Waals surface area contributed by atoms with Crippen LogP contribution in [0.2, 0.25) is 0 Å². The first-order valence-electron chi connectivity index (χ1n) is 10.7. The highest BCUT2D eigenvalue weighted by molar-refractivity contribution is 14.1. The molecule has 0 saturated heterocycles. The highest BCUT2D eigenvalue weighted by atomic mass is 127. The second kappa shape index (κ2) is 12.0. The number of ether oxygens (including phenoxy) is 1. The normalized spacial score (nSPS) is 13.3. The van der Waals surface area contributed by atoms with Crippen LogP contribution in [-0.2, 0) is 12.6 Å². The van der Waals surface area contributed by atoms with Gasteiger partial charge in [0.15, 0.2) is 0 Å². The Morgan fingerprint density at radius 1 is 0.935 bits per heavy atom. The van der Waals surface area contributed by atoms with Crippen LogP contribution in [0.5, 0.6) is 0 Å². The minimum atomic E-state index is -1.04. The molecule has 1 atom stereocenters. The van der Waals surface area contributed by atoms with Gasteiger partial charge in [0.25, 0.3) is 0 Å². The lowest BCUT2D eigenvalue weighted by molar-refractivity contribution is -0.139. The predicted octanol–water partition coefficient (Wildman–Crippen LogP) is 5.69. The van der Waals surface area contributed by atoms with Crippen molar-refractivity contribution in [2.45, 2.75) is 50.5 Å². The van der Waals surface area contributed by atoms with Gasteiger partial charge in [-0.15, -0.1) is 0 Å². The van der Waals surface area contributed by atoms with Crippen LogP contribution in [0.4, 0.5) is 4.79 Å². The van der Waals surface area contributed by atoms with E-state index in [-0.39, 0.29) is 12.5 Å². The van der Waals surface area contributed by atoms with Gasteiger partial charge in [0.1, 0.15) is 35.7 Å². The molecule has 2 aromatic carbocycles. The molecule has 0 fully saturated rings. The van der Waals surface area contributed by atoms with Crippen molar-refractivity contribution in [2.24, 2.45) is 0 Å². The molecule has 1 aliphatic carbocycles. The van der Waals surface area contributed by atoms with Crippen LogP contribution in [-0.4, -0.2) is 36.4 Å². The number of fused-ring (bicyclic) bond motifs is 3. The molecule has 1 aliphatic rings. The summed E-state index contributed by atoms with van der Waals surface area (Å²) in [5.41, 5.74) is 4.56. The molecule has 31 heavy (non-hydrogen) atoms. The lowest BCUT2D eigenvalue weighted by atomic mass is 9.98. The second-order valence-electron chi connectivity index (χ2n) is 7.73. The van der Waals surface area contributed by atoms with Crippen molar-refractivity contribution in [1.29, 1.82) is 0 Å². The highest BCUT2D eigenvalue weighted by Gasteiger charge is 2.29. The van der Waals surface area contributed by atoms with Crippen LogP contribution in [0.1, 0.15) is 55.6 Å². The molecule has 0 unspecified atom stereocenters. The first-order valence-corrected chi connectivity index (χ1v) is 11.6. The van der Waals surface area contributed by atoms with E-state index in [9.17, 15) is 14.7 Å². The lowest BCUT2D eigenvalue weighted by Crippen LogP contribution is -2.41. The maximum Gasteiger partial charge on any atom is 0.407 e. The monoisotopic (exact) mass is 537 g/mol.